The Bertz CT molecular complexity index is 219. The summed E-state index contributed by atoms with van der Waals surface area (Å²) in [6.45, 7) is 29.4. The molecule has 0 atom stereocenters. The van der Waals surface area contributed by atoms with E-state index in [0.29, 0.717) is 0 Å². The van der Waals surface area contributed by atoms with E-state index in [9.17, 15) is 30.6 Å². The SMILES string of the molecule is CC(C)(C)[O-].CC(C)(C)[O-].CC(C)(C)[O-].CC(C)(C)[O-].CC(C)(C)[O-].CC(C)(C)[O-].[Ru+3].[Ru+3]. The van der Waals surface area contributed by atoms with Crippen molar-refractivity contribution in [3.8, 4) is 0 Å². The Balaban J connectivity index is -0.0000000356. The minimum atomic E-state index is -0.750. The van der Waals surface area contributed by atoms with E-state index in [1.165, 1.54) is 0 Å². The average molecular weight is 641 g/mol. The zero-order valence-corrected chi connectivity index (χ0v) is 27.6. The smallest absolute Gasteiger partial charge is 0.850 e. The van der Waals surface area contributed by atoms with Crippen LogP contribution in [0.15, 0.2) is 0 Å². The summed E-state index contributed by atoms with van der Waals surface area (Å²) in [5, 5.41) is 60.6. The van der Waals surface area contributed by atoms with Crippen LogP contribution in [-0.2, 0) is 39.0 Å². The molecule has 0 rings (SSSR count). The van der Waals surface area contributed by atoms with E-state index in [2.05, 4.69) is 0 Å². The topological polar surface area (TPSA) is 138 Å². The molecular weight excluding hydrogens is 586 g/mol. The molecule has 0 aliphatic rings. The van der Waals surface area contributed by atoms with Crippen LogP contribution < -0.4 is 30.6 Å². The molecule has 0 fully saturated rings. The molecule has 0 aromatic rings. The molecule has 0 aromatic heterocycles. The van der Waals surface area contributed by atoms with Gasteiger partial charge in [0.2, 0.25) is 0 Å². The second kappa shape index (κ2) is 22.5. The normalized spacial score (nSPS) is 11.2. The molecule has 0 N–H and O–H groups in total. The van der Waals surface area contributed by atoms with Gasteiger partial charge in [-0.25, -0.2) is 0 Å². The van der Waals surface area contributed by atoms with Crippen molar-refractivity contribution < 1.29 is 69.6 Å². The predicted octanol–water partition coefficient (Wildman–Crippen LogP) is 0.866. The van der Waals surface area contributed by atoms with Gasteiger partial charge < -0.3 is 30.6 Å². The Morgan fingerprint density at radius 2 is 0.219 bits per heavy atom. The summed E-state index contributed by atoms with van der Waals surface area (Å²) in [7, 11) is 0. The van der Waals surface area contributed by atoms with E-state index >= 15 is 0 Å². The quantitative estimate of drug-likeness (QED) is 0.360. The van der Waals surface area contributed by atoms with Crippen LogP contribution in [-0.4, -0.2) is 33.6 Å². The van der Waals surface area contributed by atoms with Gasteiger partial charge in [-0.1, -0.05) is 125 Å². The van der Waals surface area contributed by atoms with Gasteiger partial charge in [-0.05, 0) is 0 Å². The van der Waals surface area contributed by atoms with Crippen LogP contribution >= 0.6 is 0 Å². The van der Waals surface area contributed by atoms with Crippen molar-refractivity contribution in [2.45, 2.75) is 158 Å². The predicted molar refractivity (Wildman–Crippen MR) is 119 cm³/mol. The van der Waals surface area contributed by atoms with Gasteiger partial charge in [-0.15, -0.1) is 33.6 Å². The van der Waals surface area contributed by atoms with Gasteiger partial charge in [0, 0.05) is 0 Å². The molecule has 0 saturated heterocycles. The van der Waals surface area contributed by atoms with Crippen LogP contribution in [0.4, 0.5) is 0 Å². The van der Waals surface area contributed by atoms with Crippen molar-refractivity contribution >= 4 is 0 Å². The van der Waals surface area contributed by atoms with Crippen LogP contribution in [0.2, 0.25) is 0 Å². The van der Waals surface area contributed by atoms with Crippen LogP contribution in [0.25, 0.3) is 0 Å². The van der Waals surface area contributed by atoms with Gasteiger partial charge in [0.25, 0.3) is 0 Å². The van der Waals surface area contributed by atoms with Crippen LogP contribution in [0.1, 0.15) is 125 Å². The zero-order chi connectivity index (χ0) is 27.0. The molecule has 0 aliphatic heterocycles. The standard InChI is InChI=1S/6C4H9O.2Ru/c6*1-4(2,3)5;;/h6*1-3H3;;/q6*-1;2*+3. The number of hydrogen-bond acceptors (Lipinski definition) is 6. The third kappa shape index (κ3) is 27500. The van der Waals surface area contributed by atoms with Gasteiger partial charge >= 0.3 is 39.0 Å². The van der Waals surface area contributed by atoms with Gasteiger partial charge in [-0.3, -0.25) is 0 Å². The monoisotopic (exact) mass is 642 g/mol. The first kappa shape index (κ1) is 54.1. The van der Waals surface area contributed by atoms with Crippen molar-refractivity contribution in [3.05, 3.63) is 0 Å². The summed E-state index contributed by atoms with van der Waals surface area (Å²) in [4.78, 5) is 0. The maximum atomic E-state index is 10.1. The van der Waals surface area contributed by atoms with E-state index < -0.39 is 33.6 Å². The van der Waals surface area contributed by atoms with Crippen molar-refractivity contribution in [3.63, 3.8) is 0 Å². The third-order valence-electron chi connectivity index (χ3n) is 0. The molecular formula is C24H54O6Ru2. The molecule has 0 heterocycles. The van der Waals surface area contributed by atoms with E-state index in [1.54, 1.807) is 125 Å². The van der Waals surface area contributed by atoms with Gasteiger partial charge in [0.15, 0.2) is 0 Å². The minimum absolute atomic E-state index is 0. The Hall–Kier alpha value is 1.01. The van der Waals surface area contributed by atoms with Crippen molar-refractivity contribution in [2.75, 3.05) is 0 Å². The summed E-state index contributed by atoms with van der Waals surface area (Å²) < 4.78 is 0. The Labute approximate surface area is 227 Å². The fraction of sp³-hybridized carbons (Fsp3) is 1.00. The molecule has 0 amide bonds. The minimum Gasteiger partial charge on any atom is -0.850 e. The molecule has 32 heavy (non-hydrogen) atoms. The molecule has 6 nitrogen and oxygen atoms in total. The van der Waals surface area contributed by atoms with Crippen molar-refractivity contribution in [1.29, 1.82) is 0 Å². The first-order valence-electron chi connectivity index (χ1n) is 10.2. The maximum absolute atomic E-state index is 10.1. The molecule has 0 bridgehead atoms. The van der Waals surface area contributed by atoms with Crippen molar-refractivity contribution in [1.82, 2.24) is 0 Å². The summed E-state index contributed by atoms with van der Waals surface area (Å²) in [5.41, 5.74) is -4.50. The first-order valence-corrected chi connectivity index (χ1v) is 10.2. The molecule has 0 saturated carbocycles. The Morgan fingerprint density at radius 1 is 0.219 bits per heavy atom. The second-order valence-corrected chi connectivity index (χ2v) is 12.7. The fourth-order valence-electron chi connectivity index (χ4n) is 0. The van der Waals surface area contributed by atoms with Gasteiger partial charge in [-0.2, -0.15) is 0 Å². The molecule has 0 aromatic carbocycles. The van der Waals surface area contributed by atoms with E-state index in [1.807, 2.05) is 0 Å². The molecule has 0 unspecified atom stereocenters. The van der Waals surface area contributed by atoms with Crippen LogP contribution in [0.3, 0.4) is 0 Å². The zero-order valence-electron chi connectivity index (χ0n) is 24.2. The molecule has 0 spiro atoms. The Kier molecular flexibility index (Phi) is 38.0. The average Bonchev–Trinajstić information content (AvgIpc) is 1.94. The maximum Gasteiger partial charge on any atom is 3.00 e. The summed E-state index contributed by atoms with van der Waals surface area (Å²) in [6.07, 6.45) is 0. The molecule has 8 heteroatoms. The molecule has 202 valence electrons. The fourth-order valence-corrected chi connectivity index (χ4v) is 0. The van der Waals surface area contributed by atoms with E-state index in [-0.39, 0.29) is 39.0 Å². The molecule has 2 radical (unpaired) electrons. The number of hydrogen-bond donors (Lipinski definition) is 0. The van der Waals surface area contributed by atoms with Gasteiger partial charge in [0.1, 0.15) is 0 Å². The largest absolute Gasteiger partial charge is 3.00 e. The van der Waals surface area contributed by atoms with E-state index in [0.717, 1.165) is 0 Å². The second-order valence-electron chi connectivity index (χ2n) is 12.7. The summed E-state index contributed by atoms with van der Waals surface area (Å²) in [5.74, 6) is 0. The number of rotatable bonds is 0. The molecule has 0 aliphatic carbocycles. The first-order chi connectivity index (χ1) is 12.0. The summed E-state index contributed by atoms with van der Waals surface area (Å²) in [6, 6.07) is 0. The van der Waals surface area contributed by atoms with Gasteiger partial charge in [0.05, 0.1) is 0 Å². The van der Waals surface area contributed by atoms with Crippen LogP contribution in [0, 0.1) is 0 Å². The third-order valence-corrected chi connectivity index (χ3v) is 0. The summed E-state index contributed by atoms with van der Waals surface area (Å²) >= 11 is 0. The Morgan fingerprint density at radius 3 is 0.219 bits per heavy atom. The van der Waals surface area contributed by atoms with Crippen molar-refractivity contribution in [2.24, 2.45) is 0 Å². The van der Waals surface area contributed by atoms with E-state index in [4.69, 9.17) is 0 Å². The van der Waals surface area contributed by atoms with Crippen LogP contribution in [0.5, 0.6) is 0 Å².